The minimum absolute atomic E-state index is 0.0425. The van der Waals surface area contributed by atoms with Crippen LogP contribution in [-0.4, -0.2) is 42.1 Å². The van der Waals surface area contributed by atoms with Crippen molar-refractivity contribution in [2.24, 2.45) is 11.8 Å². The highest BCUT2D eigenvalue weighted by molar-refractivity contribution is 5.92. The molecule has 2 saturated heterocycles. The third-order valence-corrected chi connectivity index (χ3v) is 4.47. The SMILES string of the molecule is O=C(c1cc(-c2ccccc2)no1)N1C[C@H]2CNC[C@H]2C1. The Kier molecular flexibility index (Phi) is 3.00. The number of likely N-dealkylation sites (tertiary alicyclic amines) is 1. The fraction of sp³-hybridized carbons (Fsp3) is 0.375. The van der Waals surface area contributed by atoms with Gasteiger partial charge in [-0.05, 0) is 11.8 Å². The Bertz CT molecular complexity index is 641. The number of fused-ring (bicyclic) bond motifs is 1. The van der Waals surface area contributed by atoms with E-state index in [1.807, 2.05) is 35.2 Å². The van der Waals surface area contributed by atoms with E-state index in [0.29, 0.717) is 23.3 Å². The predicted octanol–water partition coefficient (Wildman–Crippen LogP) is 1.63. The quantitative estimate of drug-likeness (QED) is 0.910. The first-order chi connectivity index (χ1) is 10.3. The minimum atomic E-state index is -0.0425. The van der Waals surface area contributed by atoms with Crippen LogP contribution in [0.3, 0.4) is 0 Å². The van der Waals surface area contributed by atoms with Crippen LogP contribution in [0.5, 0.6) is 0 Å². The van der Waals surface area contributed by atoms with Gasteiger partial charge in [-0.1, -0.05) is 35.5 Å². The summed E-state index contributed by atoms with van der Waals surface area (Å²) in [4.78, 5) is 14.4. The van der Waals surface area contributed by atoms with Crippen LogP contribution in [0.2, 0.25) is 0 Å². The summed E-state index contributed by atoms with van der Waals surface area (Å²) in [6.07, 6.45) is 0. The first-order valence-corrected chi connectivity index (χ1v) is 7.33. The molecule has 5 nitrogen and oxygen atoms in total. The van der Waals surface area contributed by atoms with Crippen LogP contribution in [0.1, 0.15) is 10.6 Å². The lowest BCUT2D eigenvalue weighted by atomic mass is 10.0. The summed E-state index contributed by atoms with van der Waals surface area (Å²) in [5, 5.41) is 7.39. The van der Waals surface area contributed by atoms with Gasteiger partial charge in [-0.15, -0.1) is 0 Å². The molecule has 3 heterocycles. The number of benzene rings is 1. The van der Waals surface area contributed by atoms with Crippen LogP contribution >= 0.6 is 0 Å². The second-order valence-corrected chi connectivity index (χ2v) is 5.83. The Morgan fingerprint density at radius 3 is 2.62 bits per heavy atom. The highest BCUT2D eigenvalue weighted by atomic mass is 16.5. The molecule has 2 fully saturated rings. The molecule has 2 aliphatic rings. The number of hydrogen-bond acceptors (Lipinski definition) is 4. The molecule has 2 aromatic rings. The lowest BCUT2D eigenvalue weighted by molar-refractivity contribution is 0.0740. The highest BCUT2D eigenvalue weighted by Crippen LogP contribution is 2.28. The van der Waals surface area contributed by atoms with E-state index < -0.39 is 0 Å². The van der Waals surface area contributed by atoms with E-state index >= 15 is 0 Å². The van der Waals surface area contributed by atoms with Crippen LogP contribution in [0, 0.1) is 11.8 Å². The van der Waals surface area contributed by atoms with Crippen molar-refractivity contribution in [3.63, 3.8) is 0 Å². The maximum Gasteiger partial charge on any atom is 0.292 e. The van der Waals surface area contributed by atoms with Crippen molar-refractivity contribution in [1.29, 1.82) is 0 Å². The lowest BCUT2D eigenvalue weighted by Gasteiger charge is -2.15. The largest absolute Gasteiger partial charge is 0.350 e. The molecule has 0 aliphatic carbocycles. The number of rotatable bonds is 2. The zero-order chi connectivity index (χ0) is 14.2. The number of amides is 1. The molecular weight excluding hydrogens is 266 g/mol. The summed E-state index contributed by atoms with van der Waals surface area (Å²) in [6.45, 7) is 3.66. The van der Waals surface area contributed by atoms with Gasteiger partial charge < -0.3 is 14.7 Å². The van der Waals surface area contributed by atoms with Crippen molar-refractivity contribution in [2.75, 3.05) is 26.2 Å². The molecule has 4 rings (SSSR count). The van der Waals surface area contributed by atoms with Crippen molar-refractivity contribution in [1.82, 2.24) is 15.4 Å². The average molecular weight is 283 g/mol. The lowest BCUT2D eigenvalue weighted by Crippen LogP contribution is -2.31. The highest BCUT2D eigenvalue weighted by Gasteiger charge is 2.39. The Labute approximate surface area is 122 Å². The standard InChI is InChI=1S/C16H17N3O2/c20-16(19-9-12-7-17-8-13(12)10-19)15-6-14(18-21-15)11-4-2-1-3-5-11/h1-6,12-13,17H,7-10H2/t12-,13+. The third-order valence-electron chi connectivity index (χ3n) is 4.47. The summed E-state index contributed by atoms with van der Waals surface area (Å²) in [6, 6.07) is 11.5. The molecular formula is C16H17N3O2. The topological polar surface area (TPSA) is 58.4 Å². The Hall–Kier alpha value is -2.14. The normalized spacial score (nSPS) is 24.3. The van der Waals surface area contributed by atoms with E-state index in [1.165, 1.54) is 0 Å². The predicted molar refractivity (Wildman–Crippen MR) is 77.7 cm³/mol. The van der Waals surface area contributed by atoms with Crippen LogP contribution in [0.4, 0.5) is 0 Å². The molecule has 0 radical (unpaired) electrons. The second-order valence-electron chi connectivity index (χ2n) is 5.83. The van der Waals surface area contributed by atoms with Crippen molar-refractivity contribution in [3.05, 3.63) is 42.2 Å². The van der Waals surface area contributed by atoms with Gasteiger partial charge in [0.05, 0.1) is 0 Å². The van der Waals surface area contributed by atoms with Crippen molar-refractivity contribution >= 4 is 5.91 Å². The number of aromatic nitrogens is 1. The fourth-order valence-electron chi connectivity index (χ4n) is 3.30. The molecule has 0 spiro atoms. The van der Waals surface area contributed by atoms with Crippen LogP contribution in [0.25, 0.3) is 11.3 Å². The molecule has 2 atom stereocenters. The molecule has 1 aromatic carbocycles. The molecule has 1 amide bonds. The van der Waals surface area contributed by atoms with Gasteiger partial charge in [0.2, 0.25) is 5.76 Å². The molecule has 0 bridgehead atoms. The summed E-state index contributed by atoms with van der Waals surface area (Å²) >= 11 is 0. The number of nitrogens with zero attached hydrogens (tertiary/aromatic N) is 2. The monoisotopic (exact) mass is 283 g/mol. The van der Waals surface area contributed by atoms with Crippen LogP contribution in [-0.2, 0) is 0 Å². The molecule has 21 heavy (non-hydrogen) atoms. The van der Waals surface area contributed by atoms with Gasteiger partial charge in [0, 0.05) is 37.8 Å². The number of nitrogens with one attached hydrogen (secondary N) is 1. The van der Waals surface area contributed by atoms with E-state index in [4.69, 9.17) is 4.52 Å². The summed E-state index contributed by atoms with van der Waals surface area (Å²) in [5.74, 6) is 1.47. The Morgan fingerprint density at radius 1 is 1.19 bits per heavy atom. The minimum Gasteiger partial charge on any atom is -0.350 e. The zero-order valence-electron chi connectivity index (χ0n) is 11.7. The van der Waals surface area contributed by atoms with Crippen molar-refractivity contribution in [3.8, 4) is 11.3 Å². The van der Waals surface area contributed by atoms with Gasteiger partial charge in [0.1, 0.15) is 5.69 Å². The van der Waals surface area contributed by atoms with Gasteiger partial charge in [-0.25, -0.2) is 0 Å². The molecule has 1 aromatic heterocycles. The molecule has 108 valence electrons. The van der Waals surface area contributed by atoms with Gasteiger partial charge in [0.25, 0.3) is 5.91 Å². The van der Waals surface area contributed by atoms with E-state index in [2.05, 4.69) is 10.5 Å². The first-order valence-electron chi connectivity index (χ1n) is 7.33. The van der Waals surface area contributed by atoms with Gasteiger partial charge in [-0.3, -0.25) is 4.79 Å². The van der Waals surface area contributed by atoms with Gasteiger partial charge >= 0.3 is 0 Å². The summed E-state index contributed by atoms with van der Waals surface area (Å²) in [7, 11) is 0. The number of carbonyl (C=O) groups excluding carboxylic acids is 1. The molecule has 5 heteroatoms. The third kappa shape index (κ3) is 2.23. The second kappa shape index (κ2) is 5.00. The van der Waals surface area contributed by atoms with E-state index in [0.717, 1.165) is 31.7 Å². The Balaban J connectivity index is 1.52. The fourth-order valence-corrected chi connectivity index (χ4v) is 3.30. The smallest absolute Gasteiger partial charge is 0.292 e. The molecule has 1 N–H and O–H groups in total. The van der Waals surface area contributed by atoms with Crippen LogP contribution in [0.15, 0.2) is 40.9 Å². The Morgan fingerprint density at radius 2 is 1.90 bits per heavy atom. The van der Waals surface area contributed by atoms with Crippen LogP contribution < -0.4 is 5.32 Å². The van der Waals surface area contributed by atoms with E-state index in [-0.39, 0.29) is 5.91 Å². The maximum absolute atomic E-state index is 12.5. The van der Waals surface area contributed by atoms with E-state index in [9.17, 15) is 4.79 Å². The average Bonchev–Trinajstić information content (AvgIpc) is 3.22. The summed E-state index contributed by atoms with van der Waals surface area (Å²) in [5.41, 5.74) is 1.67. The molecule has 0 saturated carbocycles. The molecule has 0 unspecified atom stereocenters. The number of hydrogen-bond donors (Lipinski definition) is 1. The summed E-state index contributed by atoms with van der Waals surface area (Å²) < 4.78 is 5.26. The van der Waals surface area contributed by atoms with Crippen molar-refractivity contribution < 1.29 is 9.32 Å². The number of carbonyl (C=O) groups is 1. The zero-order valence-corrected chi connectivity index (χ0v) is 11.7. The van der Waals surface area contributed by atoms with E-state index in [1.54, 1.807) is 6.07 Å². The molecule has 2 aliphatic heterocycles. The van der Waals surface area contributed by atoms with Crippen molar-refractivity contribution in [2.45, 2.75) is 0 Å². The first kappa shape index (κ1) is 12.6. The van der Waals surface area contributed by atoms with Gasteiger partial charge in [-0.2, -0.15) is 0 Å². The maximum atomic E-state index is 12.5. The van der Waals surface area contributed by atoms with Gasteiger partial charge in [0.15, 0.2) is 0 Å².